The summed E-state index contributed by atoms with van der Waals surface area (Å²) in [5.74, 6) is -3.77. The highest BCUT2D eigenvalue weighted by atomic mass is 16.5. The molecule has 7 N–H and O–H groups in total. The number of nitrogens with zero attached hydrogens (tertiary/aromatic N) is 2. The Bertz CT molecular complexity index is 1870. The summed E-state index contributed by atoms with van der Waals surface area (Å²) in [6, 6.07) is -1.09. The van der Waals surface area contributed by atoms with Crippen LogP contribution in [0.4, 0.5) is 0 Å². The van der Waals surface area contributed by atoms with Crippen molar-refractivity contribution >= 4 is 53.1 Å². The van der Waals surface area contributed by atoms with Crippen molar-refractivity contribution in [2.24, 2.45) is 11.8 Å². The summed E-state index contributed by atoms with van der Waals surface area (Å²) >= 11 is 0. The number of piperidine rings is 1. The largest absolute Gasteiger partial charge is 0.481 e. The van der Waals surface area contributed by atoms with Gasteiger partial charge in [0.2, 0.25) is 23.6 Å². The molecule has 2 heterocycles. The van der Waals surface area contributed by atoms with E-state index in [0.717, 1.165) is 50.4 Å². The fourth-order valence-electron chi connectivity index (χ4n) is 9.01. The number of ether oxygens (including phenoxy) is 4. The molecule has 22 nitrogen and oxygen atoms in total. The van der Waals surface area contributed by atoms with Crippen LogP contribution in [0, 0.1) is 11.8 Å². The van der Waals surface area contributed by atoms with Gasteiger partial charge in [-0.1, -0.05) is 103 Å². The molecule has 1 aliphatic heterocycles. The van der Waals surface area contributed by atoms with E-state index < -0.39 is 35.8 Å². The molecule has 466 valence electrons. The maximum Gasteiger partial charge on any atom is 0.326 e. The summed E-state index contributed by atoms with van der Waals surface area (Å²) in [6.45, 7) is 7.12. The monoisotopic (exact) mass is 1150 g/mol. The van der Waals surface area contributed by atoms with Gasteiger partial charge in [-0.25, -0.2) is 9.78 Å². The number of hydrogen-bond acceptors (Lipinski definition) is 14. The quantitative estimate of drug-likeness (QED) is 0.0306. The molecule has 4 amide bonds. The van der Waals surface area contributed by atoms with Crippen molar-refractivity contribution in [1.82, 2.24) is 30.8 Å². The van der Waals surface area contributed by atoms with Crippen LogP contribution in [0.15, 0.2) is 12.5 Å². The molecule has 1 aliphatic rings. The molecule has 2 atom stereocenters. The molecule has 1 saturated heterocycles. The maximum absolute atomic E-state index is 12.2. The molecule has 0 aromatic carbocycles. The molecule has 2 rings (SSSR count). The molecular formula is C59H104N6O16. The number of carbonyl (C=O) groups excluding carboxylic acids is 6. The fraction of sp³-hybridized carbons (Fsp3) is 0.797. The maximum atomic E-state index is 12.2. The molecule has 1 fully saturated rings. The van der Waals surface area contributed by atoms with E-state index in [4.69, 9.17) is 29.2 Å². The third-order valence-electron chi connectivity index (χ3n) is 13.9. The predicted molar refractivity (Wildman–Crippen MR) is 307 cm³/mol. The lowest BCUT2D eigenvalue weighted by Crippen LogP contribution is -2.39. The number of carboxylic acids is 3. The number of hydrogen-bond donors (Lipinski definition) is 7. The molecule has 0 aliphatic carbocycles. The summed E-state index contributed by atoms with van der Waals surface area (Å²) in [5.41, 5.74) is 0.825. The number of nitrogens with one attached hydrogen (secondary N) is 4. The first-order valence-corrected chi connectivity index (χ1v) is 30.1. The van der Waals surface area contributed by atoms with E-state index in [-0.39, 0.29) is 110 Å². The molecule has 22 heteroatoms. The highest BCUT2D eigenvalue weighted by Gasteiger charge is 2.22. The van der Waals surface area contributed by atoms with Crippen molar-refractivity contribution in [2.75, 3.05) is 79.0 Å². The van der Waals surface area contributed by atoms with E-state index >= 15 is 0 Å². The number of aromatic nitrogens is 2. The van der Waals surface area contributed by atoms with Crippen molar-refractivity contribution in [3.63, 3.8) is 0 Å². The average molecular weight is 1150 g/mol. The summed E-state index contributed by atoms with van der Waals surface area (Å²) in [7, 11) is 0. The van der Waals surface area contributed by atoms with Gasteiger partial charge < -0.3 is 60.1 Å². The molecule has 1 unspecified atom stereocenters. The van der Waals surface area contributed by atoms with Crippen LogP contribution in [-0.2, 0) is 68.5 Å². The van der Waals surface area contributed by atoms with E-state index in [0.29, 0.717) is 57.6 Å². The van der Waals surface area contributed by atoms with E-state index in [1.165, 1.54) is 110 Å². The van der Waals surface area contributed by atoms with Crippen molar-refractivity contribution < 1.29 is 78.8 Å². The molecule has 1 aromatic rings. The van der Waals surface area contributed by atoms with Gasteiger partial charge in [0.05, 0.1) is 45.3 Å². The number of unbranched alkanes of at least 4 members (excludes halogenated alkanes) is 16. The van der Waals surface area contributed by atoms with Crippen molar-refractivity contribution in [1.29, 1.82) is 0 Å². The number of H-pyrrole nitrogens is 1. The van der Waals surface area contributed by atoms with Crippen molar-refractivity contribution in [2.45, 2.75) is 213 Å². The van der Waals surface area contributed by atoms with Gasteiger partial charge in [-0.05, 0) is 63.7 Å². The zero-order valence-corrected chi connectivity index (χ0v) is 49.1. The number of aromatic amines is 1. The van der Waals surface area contributed by atoms with E-state index in [9.17, 15) is 48.3 Å². The number of likely N-dealkylation sites (tertiary alicyclic amines) is 1. The first-order chi connectivity index (χ1) is 39.1. The lowest BCUT2D eigenvalue weighted by Gasteiger charge is -2.30. The van der Waals surface area contributed by atoms with Crippen molar-refractivity contribution in [3.8, 4) is 0 Å². The SMILES string of the molecule is CC(=O)NC(CCC(=O)CCCOCCOCC(=O)NCCOCCOCC(=O)NCCCC[C@H](CC(=O)CCc1cnc[nH]1)C(=O)O)C(=O)O.CC1CCN(C(=O)CCCCCCCCCCCCCCCCCCC(=O)O)CC1.[HH]. The second kappa shape index (κ2) is 50.4. The van der Waals surface area contributed by atoms with Crippen LogP contribution >= 0.6 is 0 Å². The summed E-state index contributed by atoms with van der Waals surface area (Å²) in [5, 5.41) is 34.7. The normalized spacial score (nSPS) is 13.1. The number of ketones is 2. The number of imidazole rings is 1. The predicted octanol–water partition coefficient (Wildman–Crippen LogP) is 7.79. The van der Waals surface area contributed by atoms with E-state index in [1.807, 2.05) is 0 Å². The van der Waals surface area contributed by atoms with Gasteiger partial charge in [0.25, 0.3) is 0 Å². The third-order valence-corrected chi connectivity index (χ3v) is 13.9. The number of aliphatic carboxylic acids is 3. The summed E-state index contributed by atoms with van der Waals surface area (Å²) in [4.78, 5) is 113. The Labute approximate surface area is 482 Å². The van der Waals surface area contributed by atoms with Crippen LogP contribution in [0.25, 0.3) is 0 Å². The standard InChI is InChI=1S/C33H53N5O13.C26H49NO3.H2/c1-24(39)38-29(33(46)47)10-9-27(40)6-4-13-48-15-17-50-22-31(43)36-12-14-49-16-18-51-21-30(42)35-11-3-2-5-25(32(44)45)19-28(41)8-7-26-20-34-23-37-26;1-24-20-22-27(23-21-24)25(28)18-16-14-12-10-8-6-4-2-3-5-7-9-11-13-15-17-19-26(29)30;/h20,23,25,29H,2-19,21-22H2,1H3,(H,34,37)(H,35,42)(H,36,43)(H,38,39)(H,44,45)(H,46,47);24H,2-23H2,1H3,(H,29,30);1H/t25-,29?;;/m1../s1. The van der Waals surface area contributed by atoms with Gasteiger partial charge in [0.1, 0.15) is 30.8 Å². The minimum atomic E-state index is -1.19. The molecule has 81 heavy (non-hydrogen) atoms. The smallest absolute Gasteiger partial charge is 0.326 e. The van der Waals surface area contributed by atoms with Gasteiger partial charge in [0, 0.05) is 91.6 Å². The molecule has 0 radical (unpaired) electrons. The number of carboxylic acid groups (broad SMARTS) is 3. The van der Waals surface area contributed by atoms with Gasteiger partial charge in [-0.2, -0.15) is 0 Å². The lowest BCUT2D eigenvalue weighted by atomic mass is 9.94. The third kappa shape index (κ3) is 45.9. The number of rotatable bonds is 52. The Balaban J connectivity index is 0.00000180. The fourth-order valence-corrected chi connectivity index (χ4v) is 9.01. The highest BCUT2D eigenvalue weighted by Crippen LogP contribution is 2.19. The zero-order chi connectivity index (χ0) is 59.6. The molecular weight excluding hydrogens is 1050 g/mol. The Morgan fingerprint density at radius 2 is 1.12 bits per heavy atom. The van der Waals surface area contributed by atoms with Crippen LogP contribution in [0.1, 0.15) is 207 Å². The van der Waals surface area contributed by atoms with E-state index in [2.05, 4.69) is 37.7 Å². The van der Waals surface area contributed by atoms with Crippen molar-refractivity contribution in [3.05, 3.63) is 18.2 Å². The van der Waals surface area contributed by atoms with Crippen LogP contribution in [0.2, 0.25) is 0 Å². The number of Topliss-reactive ketones (excluding diaryl/α,β-unsaturated/α-hetero) is 2. The average Bonchev–Trinajstić information content (AvgIpc) is 3.97. The number of carbonyl (C=O) groups is 9. The Morgan fingerprint density at radius 3 is 1.64 bits per heavy atom. The van der Waals surface area contributed by atoms with Crippen LogP contribution in [-0.4, -0.2) is 168 Å². The number of amides is 4. The Kier molecular flexibility index (Phi) is 45.9. The van der Waals surface area contributed by atoms with Gasteiger partial charge in [0.15, 0.2) is 0 Å². The first kappa shape index (κ1) is 73.7. The minimum Gasteiger partial charge on any atom is -0.481 e. The van der Waals surface area contributed by atoms with Crippen LogP contribution < -0.4 is 16.0 Å². The van der Waals surface area contributed by atoms with Crippen LogP contribution in [0.3, 0.4) is 0 Å². The second-order valence-corrected chi connectivity index (χ2v) is 21.3. The van der Waals surface area contributed by atoms with Crippen LogP contribution in [0.5, 0.6) is 0 Å². The number of aryl methyl sites for hydroxylation is 1. The zero-order valence-electron chi connectivity index (χ0n) is 49.1. The molecule has 1 aromatic heterocycles. The summed E-state index contributed by atoms with van der Waals surface area (Å²) < 4.78 is 21.2. The molecule has 0 saturated carbocycles. The summed E-state index contributed by atoms with van der Waals surface area (Å²) in [6.07, 6.45) is 29.7. The molecule has 0 bridgehead atoms. The highest BCUT2D eigenvalue weighted by molar-refractivity contribution is 5.84. The van der Waals surface area contributed by atoms with Gasteiger partial charge in [-0.15, -0.1) is 0 Å². The second-order valence-electron chi connectivity index (χ2n) is 21.3. The molecule has 0 spiro atoms. The van der Waals surface area contributed by atoms with E-state index in [1.54, 1.807) is 6.20 Å². The Hall–Kier alpha value is -5.32. The first-order valence-electron chi connectivity index (χ1n) is 30.1. The van der Waals surface area contributed by atoms with Gasteiger partial charge in [-0.3, -0.25) is 38.4 Å². The van der Waals surface area contributed by atoms with Gasteiger partial charge >= 0.3 is 17.9 Å². The topological polar surface area (TPSA) is 319 Å². The lowest BCUT2D eigenvalue weighted by molar-refractivity contribution is -0.144. The minimum absolute atomic E-state index is 0. The Morgan fingerprint density at radius 1 is 0.593 bits per heavy atom.